The van der Waals surface area contributed by atoms with Crippen molar-refractivity contribution in [3.05, 3.63) is 29.3 Å². The molecule has 1 saturated heterocycles. The number of ether oxygens (including phenoxy) is 3. The molecule has 0 amide bonds. The van der Waals surface area contributed by atoms with Crippen LogP contribution in [0.2, 0.25) is 0 Å². The summed E-state index contributed by atoms with van der Waals surface area (Å²) in [6, 6.07) is 5.93. The lowest BCUT2D eigenvalue weighted by Gasteiger charge is -2.26. The summed E-state index contributed by atoms with van der Waals surface area (Å²) in [5.74, 6) is 0.225. The second-order valence-electron chi connectivity index (χ2n) is 4.32. The Hall–Kier alpha value is -1.06. The van der Waals surface area contributed by atoms with Crippen LogP contribution in [0.1, 0.15) is 25.0 Å². The van der Waals surface area contributed by atoms with Gasteiger partial charge in [-0.1, -0.05) is 12.1 Å². The van der Waals surface area contributed by atoms with Gasteiger partial charge in [0, 0.05) is 5.56 Å². The van der Waals surface area contributed by atoms with Gasteiger partial charge in [0.2, 0.25) is 0 Å². The minimum atomic E-state index is -0.641. The zero-order valence-electron chi connectivity index (χ0n) is 10.2. The van der Waals surface area contributed by atoms with E-state index in [4.69, 9.17) is 14.2 Å². The van der Waals surface area contributed by atoms with Crippen LogP contribution in [-0.4, -0.2) is 19.8 Å². The summed E-state index contributed by atoms with van der Waals surface area (Å²) in [7, 11) is 1.67. The number of methoxy groups -OCH3 is 1. The monoisotopic (exact) mass is 222 g/mol. The Morgan fingerprint density at radius 3 is 2.75 bits per heavy atom. The third-order valence-corrected chi connectivity index (χ3v) is 3.01. The summed E-state index contributed by atoms with van der Waals surface area (Å²) in [4.78, 5) is 0. The van der Waals surface area contributed by atoms with Crippen LogP contribution in [0.4, 0.5) is 0 Å². The maximum Gasteiger partial charge on any atom is 0.192 e. The first-order valence-corrected chi connectivity index (χ1v) is 5.52. The van der Waals surface area contributed by atoms with Crippen molar-refractivity contribution in [3.63, 3.8) is 0 Å². The van der Waals surface area contributed by atoms with Gasteiger partial charge in [0.25, 0.3) is 0 Å². The molecule has 1 fully saturated rings. The molecule has 1 aliphatic heterocycles. The van der Waals surface area contributed by atoms with E-state index in [-0.39, 0.29) is 6.10 Å². The Bertz CT molecular complexity index is 389. The van der Waals surface area contributed by atoms with E-state index in [1.807, 2.05) is 39.0 Å². The van der Waals surface area contributed by atoms with Gasteiger partial charge in [-0.3, -0.25) is 0 Å². The predicted molar refractivity (Wildman–Crippen MR) is 61.6 cm³/mol. The molecule has 0 aromatic heterocycles. The standard InChI is InChI=1S/C13H18O3/c1-9-8-15-13(3,16-9)11-6-5-7-12(14-4)10(11)2/h5-7,9H,8H2,1-4H3. The molecule has 0 spiro atoms. The molecular weight excluding hydrogens is 204 g/mol. The highest BCUT2D eigenvalue weighted by molar-refractivity contribution is 5.41. The molecule has 3 heteroatoms. The Kier molecular flexibility index (Phi) is 2.91. The van der Waals surface area contributed by atoms with Crippen LogP contribution in [0.25, 0.3) is 0 Å². The van der Waals surface area contributed by atoms with Crippen LogP contribution in [0.15, 0.2) is 18.2 Å². The van der Waals surface area contributed by atoms with Gasteiger partial charge in [0.05, 0.1) is 19.8 Å². The summed E-state index contributed by atoms with van der Waals surface area (Å²) < 4.78 is 16.9. The highest BCUT2D eigenvalue weighted by Gasteiger charge is 2.38. The van der Waals surface area contributed by atoms with Crippen LogP contribution < -0.4 is 4.74 Å². The molecule has 0 N–H and O–H groups in total. The zero-order valence-corrected chi connectivity index (χ0v) is 10.2. The van der Waals surface area contributed by atoms with Gasteiger partial charge >= 0.3 is 0 Å². The van der Waals surface area contributed by atoms with Gasteiger partial charge in [-0.15, -0.1) is 0 Å². The van der Waals surface area contributed by atoms with Crippen molar-refractivity contribution in [1.82, 2.24) is 0 Å². The molecule has 2 atom stereocenters. The molecule has 2 unspecified atom stereocenters. The van der Waals surface area contributed by atoms with E-state index in [0.717, 1.165) is 16.9 Å². The second kappa shape index (κ2) is 4.07. The number of benzene rings is 1. The number of hydrogen-bond acceptors (Lipinski definition) is 3. The van der Waals surface area contributed by atoms with Gasteiger partial charge < -0.3 is 14.2 Å². The van der Waals surface area contributed by atoms with Crippen molar-refractivity contribution < 1.29 is 14.2 Å². The minimum Gasteiger partial charge on any atom is -0.496 e. The van der Waals surface area contributed by atoms with E-state index in [9.17, 15) is 0 Å². The number of hydrogen-bond donors (Lipinski definition) is 0. The molecule has 1 aromatic carbocycles. The van der Waals surface area contributed by atoms with Gasteiger partial charge in [-0.05, 0) is 32.4 Å². The Balaban J connectivity index is 2.40. The van der Waals surface area contributed by atoms with Crippen LogP contribution in [-0.2, 0) is 15.3 Å². The normalized spacial score (nSPS) is 29.4. The van der Waals surface area contributed by atoms with Crippen molar-refractivity contribution in [2.24, 2.45) is 0 Å². The molecule has 0 bridgehead atoms. The largest absolute Gasteiger partial charge is 0.496 e. The lowest BCUT2D eigenvalue weighted by Crippen LogP contribution is -2.24. The molecule has 1 heterocycles. The third kappa shape index (κ3) is 1.81. The van der Waals surface area contributed by atoms with Crippen molar-refractivity contribution in [1.29, 1.82) is 0 Å². The summed E-state index contributed by atoms with van der Waals surface area (Å²) in [5.41, 5.74) is 2.11. The Labute approximate surface area is 96.3 Å². The minimum absolute atomic E-state index is 0.135. The molecule has 0 aliphatic carbocycles. The Morgan fingerprint density at radius 1 is 1.44 bits per heavy atom. The molecule has 16 heavy (non-hydrogen) atoms. The van der Waals surface area contributed by atoms with Crippen molar-refractivity contribution in [2.45, 2.75) is 32.7 Å². The molecule has 0 saturated carbocycles. The van der Waals surface area contributed by atoms with Gasteiger partial charge in [0.15, 0.2) is 5.79 Å². The van der Waals surface area contributed by atoms with Crippen LogP contribution in [0.5, 0.6) is 5.75 Å². The van der Waals surface area contributed by atoms with E-state index < -0.39 is 5.79 Å². The quantitative estimate of drug-likeness (QED) is 0.769. The second-order valence-corrected chi connectivity index (χ2v) is 4.32. The first-order valence-electron chi connectivity index (χ1n) is 5.52. The summed E-state index contributed by atoms with van der Waals surface area (Å²) in [6.45, 7) is 6.63. The molecule has 0 radical (unpaired) electrons. The van der Waals surface area contributed by atoms with Gasteiger partial charge in [0.1, 0.15) is 5.75 Å². The molecule has 1 aromatic rings. The van der Waals surface area contributed by atoms with Crippen LogP contribution in [0, 0.1) is 6.92 Å². The molecule has 88 valence electrons. The lowest BCUT2D eigenvalue weighted by molar-refractivity contribution is -0.160. The fraction of sp³-hybridized carbons (Fsp3) is 0.538. The third-order valence-electron chi connectivity index (χ3n) is 3.01. The summed E-state index contributed by atoms with van der Waals surface area (Å²) >= 11 is 0. The topological polar surface area (TPSA) is 27.7 Å². The lowest BCUT2D eigenvalue weighted by atomic mass is 10.0. The van der Waals surface area contributed by atoms with Crippen LogP contribution in [0.3, 0.4) is 0 Å². The van der Waals surface area contributed by atoms with Crippen molar-refractivity contribution in [3.8, 4) is 5.75 Å². The first kappa shape index (κ1) is 11.4. The number of rotatable bonds is 2. The average Bonchev–Trinajstić information content (AvgIpc) is 2.60. The average molecular weight is 222 g/mol. The first-order chi connectivity index (χ1) is 7.57. The fourth-order valence-electron chi connectivity index (χ4n) is 2.20. The summed E-state index contributed by atoms with van der Waals surface area (Å²) in [5, 5.41) is 0. The van der Waals surface area contributed by atoms with E-state index in [1.54, 1.807) is 7.11 Å². The predicted octanol–water partition coefficient (Wildman–Crippen LogP) is 2.61. The van der Waals surface area contributed by atoms with E-state index in [2.05, 4.69) is 0 Å². The zero-order chi connectivity index (χ0) is 11.8. The maximum absolute atomic E-state index is 5.84. The van der Waals surface area contributed by atoms with Gasteiger partial charge in [-0.25, -0.2) is 0 Å². The maximum atomic E-state index is 5.84. The Morgan fingerprint density at radius 2 is 2.19 bits per heavy atom. The molecule has 3 nitrogen and oxygen atoms in total. The highest BCUT2D eigenvalue weighted by Crippen LogP contribution is 2.37. The van der Waals surface area contributed by atoms with Gasteiger partial charge in [-0.2, -0.15) is 0 Å². The smallest absolute Gasteiger partial charge is 0.192 e. The fourth-order valence-corrected chi connectivity index (χ4v) is 2.20. The molecule has 1 aliphatic rings. The van der Waals surface area contributed by atoms with E-state index in [1.165, 1.54) is 0 Å². The van der Waals surface area contributed by atoms with E-state index in [0.29, 0.717) is 6.61 Å². The van der Waals surface area contributed by atoms with E-state index >= 15 is 0 Å². The molecule has 2 rings (SSSR count). The van der Waals surface area contributed by atoms with Crippen molar-refractivity contribution >= 4 is 0 Å². The molecular formula is C13H18O3. The van der Waals surface area contributed by atoms with Crippen LogP contribution >= 0.6 is 0 Å². The van der Waals surface area contributed by atoms with Crippen molar-refractivity contribution in [2.75, 3.05) is 13.7 Å². The highest BCUT2D eigenvalue weighted by atomic mass is 16.7. The SMILES string of the molecule is COc1cccc(C2(C)OCC(C)O2)c1C. The summed E-state index contributed by atoms with van der Waals surface area (Å²) in [6.07, 6.45) is 0.135.